The zero-order valence-electron chi connectivity index (χ0n) is 30.9. The summed E-state index contributed by atoms with van der Waals surface area (Å²) in [6.45, 7) is 9.96. The predicted molar refractivity (Wildman–Crippen MR) is 198 cm³/mol. The summed E-state index contributed by atoms with van der Waals surface area (Å²) >= 11 is 0. The van der Waals surface area contributed by atoms with Gasteiger partial charge in [-0.25, -0.2) is 9.59 Å². The van der Waals surface area contributed by atoms with Gasteiger partial charge in [0.05, 0.1) is 18.7 Å². The Morgan fingerprint density at radius 3 is 2.10 bits per heavy atom. The lowest BCUT2D eigenvalue weighted by Crippen LogP contribution is -2.57. The minimum absolute atomic E-state index is 0.0427. The van der Waals surface area contributed by atoms with E-state index in [9.17, 15) is 19.5 Å². The van der Waals surface area contributed by atoms with Crippen LogP contribution in [0.15, 0.2) is 95.8 Å². The molecule has 0 saturated carbocycles. The highest BCUT2D eigenvalue weighted by Crippen LogP contribution is 2.23. The van der Waals surface area contributed by atoms with Gasteiger partial charge in [-0.05, 0) is 42.4 Å². The quantitative estimate of drug-likeness (QED) is 0.118. The largest absolute Gasteiger partial charge is 0.445 e. The highest BCUT2D eigenvalue weighted by atomic mass is 16.5. The Labute approximate surface area is 306 Å². The Kier molecular flexibility index (Phi) is 14.3. The van der Waals surface area contributed by atoms with Gasteiger partial charge in [-0.1, -0.05) is 107 Å². The van der Waals surface area contributed by atoms with Crippen molar-refractivity contribution in [1.29, 1.82) is 0 Å². The number of ether oxygens (including phenoxy) is 1. The van der Waals surface area contributed by atoms with Crippen LogP contribution < -0.4 is 16.0 Å². The number of hydrogen-bond acceptors (Lipinski definition) is 8. The number of aromatic nitrogens is 2. The van der Waals surface area contributed by atoms with E-state index in [-0.39, 0.29) is 30.9 Å². The average Bonchev–Trinajstić information content (AvgIpc) is 3.60. The maximum atomic E-state index is 13.9. The monoisotopic (exact) mass is 712 g/mol. The van der Waals surface area contributed by atoms with E-state index in [1.807, 2.05) is 107 Å². The summed E-state index contributed by atoms with van der Waals surface area (Å²) in [7, 11) is 1.62. The lowest BCUT2D eigenvalue weighted by molar-refractivity contribution is -0.125. The van der Waals surface area contributed by atoms with Crippen LogP contribution in [0.2, 0.25) is 0 Å². The predicted octanol–water partition coefficient (Wildman–Crippen LogP) is 5.55. The molecule has 0 aliphatic rings. The topological polar surface area (TPSA) is 159 Å². The summed E-state index contributed by atoms with van der Waals surface area (Å²) in [6.07, 6.45) is 2.41. The summed E-state index contributed by atoms with van der Waals surface area (Å²) in [5.41, 5.74) is 2.98. The Bertz CT molecular complexity index is 1690. The standard InChI is InChI=1S/C40H52N6O6/c1-27(2)36(44-38(49)46(6)25-32-23-35(52-45-32)40(3,4)5)37(48)43-33(21-29-16-11-8-12-17-29)34(47)22-31(20-28-14-9-7-10-15-28)42-39(50)51-26-30-18-13-19-41-24-30/h7-19,23-24,27,31,33-34,36,47H,20-22,25-26H2,1-6H3,(H,42,50)(H,43,48)(H,44,49)/t31-,33-,34-,36?/m0/s1. The average molecular weight is 713 g/mol. The number of alkyl carbamates (subject to hydrolysis) is 1. The molecule has 0 fully saturated rings. The molecule has 0 aliphatic heterocycles. The molecule has 278 valence electrons. The van der Waals surface area contributed by atoms with Crippen molar-refractivity contribution in [1.82, 2.24) is 31.0 Å². The van der Waals surface area contributed by atoms with Gasteiger partial charge >= 0.3 is 12.1 Å². The Morgan fingerprint density at radius 2 is 1.52 bits per heavy atom. The van der Waals surface area contributed by atoms with Crippen LogP contribution in [0.1, 0.15) is 69.2 Å². The molecule has 1 unspecified atom stereocenters. The highest BCUT2D eigenvalue weighted by Gasteiger charge is 2.32. The molecular weight excluding hydrogens is 660 g/mol. The number of hydrogen-bond donors (Lipinski definition) is 4. The second kappa shape index (κ2) is 18.8. The number of pyridine rings is 1. The summed E-state index contributed by atoms with van der Waals surface area (Å²) in [4.78, 5) is 45.7. The summed E-state index contributed by atoms with van der Waals surface area (Å²) in [5, 5.41) is 24.7. The third-order valence-corrected chi connectivity index (χ3v) is 8.63. The van der Waals surface area contributed by atoms with E-state index in [2.05, 4.69) is 26.1 Å². The second-order valence-corrected chi connectivity index (χ2v) is 14.5. The zero-order chi connectivity index (χ0) is 37.7. The number of rotatable bonds is 16. The summed E-state index contributed by atoms with van der Waals surface area (Å²) < 4.78 is 10.9. The molecule has 2 aromatic carbocycles. The molecule has 52 heavy (non-hydrogen) atoms. The van der Waals surface area contributed by atoms with Gasteiger partial charge in [0.15, 0.2) is 0 Å². The number of carbonyl (C=O) groups excluding carboxylic acids is 3. The number of nitrogens with one attached hydrogen (secondary N) is 3. The van der Waals surface area contributed by atoms with Crippen LogP contribution in [0, 0.1) is 5.92 Å². The van der Waals surface area contributed by atoms with E-state index in [4.69, 9.17) is 9.26 Å². The van der Waals surface area contributed by atoms with Crippen molar-refractivity contribution in [3.63, 3.8) is 0 Å². The molecule has 0 aliphatic carbocycles. The number of nitrogens with zero attached hydrogens (tertiary/aromatic N) is 3. The fraction of sp³-hybridized carbons (Fsp3) is 0.425. The molecule has 0 spiro atoms. The molecule has 4 atom stereocenters. The molecule has 12 nitrogen and oxygen atoms in total. The van der Waals surface area contributed by atoms with Crippen LogP contribution in [-0.2, 0) is 40.9 Å². The number of aliphatic hydroxyl groups is 1. The third-order valence-electron chi connectivity index (χ3n) is 8.63. The molecule has 12 heteroatoms. The van der Waals surface area contributed by atoms with E-state index in [1.54, 1.807) is 25.5 Å². The first-order valence-corrected chi connectivity index (χ1v) is 17.6. The van der Waals surface area contributed by atoms with Crippen LogP contribution in [0.3, 0.4) is 0 Å². The molecule has 0 bridgehead atoms. The molecule has 0 saturated heterocycles. The van der Waals surface area contributed by atoms with Crippen LogP contribution in [0.4, 0.5) is 9.59 Å². The molecule has 4 N–H and O–H groups in total. The number of benzene rings is 2. The minimum atomic E-state index is -1.08. The van der Waals surface area contributed by atoms with Crippen molar-refractivity contribution in [2.24, 2.45) is 5.92 Å². The fourth-order valence-electron chi connectivity index (χ4n) is 5.64. The Hall–Kier alpha value is -5.23. The number of aliphatic hydroxyl groups excluding tert-OH is 1. The van der Waals surface area contributed by atoms with Crippen molar-refractivity contribution in [3.8, 4) is 0 Å². The normalized spacial score (nSPS) is 13.8. The lowest BCUT2D eigenvalue weighted by atomic mass is 9.93. The first-order valence-electron chi connectivity index (χ1n) is 17.6. The SMILES string of the molecule is CC(C)C(NC(=O)N(C)Cc1cc(C(C)(C)C)on1)C(=O)N[C@@H](Cc1ccccc1)[C@@H](O)C[C@H](Cc1ccccc1)NC(=O)OCc1cccnc1. The molecular formula is C40H52N6O6. The summed E-state index contributed by atoms with van der Waals surface area (Å²) in [5.74, 6) is 0.00622. The van der Waals surface area contributed by atoms with Crippen LogP contribution >= 0.6 is 0 Å². The van der Waals surface area contributed by atoms with E-state index < -0.39 is 42.3 Å². The molecule has 2 aromatic heterocycles. The van der Waals surface area contributed by atoms with Crippen molar-refractivity contribution >= 4 is 18.0 Å². The lowest BCUT2D eigenvalue weighted by Gasteiger charge is -2.31. The van der Waals surface area contributed by atoms with Crippen molar-refractivity contribution in [2.75, 3.05) is 7.05 Å². The summed E-state index contributed by atoms with van der Waals surface area (Å²) in [6, 6.07) is 21.9. The maximum Gasteiger partial charge on any atom is 0.407 e. The van der Waals surface area contributed by atoms with Gasteiger partial charge in [0, 0.05) is 42.5 Å². The van der Waals surface area contributed by atoms with Gasteiger partial charge < -0.3 is 35.2 Å². The van der Waals surface area contributed by atoms with Crippen molar-refractivity contribution in [2.45, 2.75) is 96.7 Å². The first-order chi connectivity index (χ1) is 24.8. The van der Waals surface area contributed by atoms with Gasteiger partial charge in [-0.2, -0.15) is 0 Å². The minimum Gasteiger partial charge on any atom is -0.445 e. The second-order valence-electron chi connectivity index (χ2n) is 14.5. The highest BCUT2D eigenvalue weighted by molar-refractivity contribution is 5.87. The van der Waals surface area contributed by atoms with E-state index in [1.165, 1.54) is 4.90 Å². The van der Waals surface area contributed by atoms with Crippen LogP contribution in [-0.4, -0.2) is 69.5 Å². The molecule has 4 amide bonds. The number of urea groups is 1. The zero-order valence-corrected chi connectivity index (χ0v) is 30.9. The van der Waals surface area contributed by atoms with Crippen molar-refractivity contribution in [3.05, 3.63) is 119 Å². The van der Waals surface area contributed by atoms with E-state index >= 15 is 0 Å². The van der Waals surface area contributed by atoms with Gasteiger partial charge in [0.2, 0.25) is 5.91 Å². The molecule has 0 radical (unpaired) electrons. The van der Waals surface area contributed by atoms with Gasteiger partial charge in [-0.3, -0.25) is 9.78 Å². The van der Waals surface area contributed by atoms with Gasteiger partial charge in [-0.15, -0.1) is 0 Å². The first kappa shape index (κ1) is 39.6. The third kappa shape index (κ3) is 12.5. The number of carbonyl (C=O) groups is 3. The fourth-order valence-corrected chi connectivity index (χ4v) is 5.64. The Balaban J connectivity index is 1.47. The van der Waals surface area contributed by atoms with Crippen LogP contribution in [0.25, 0.3) is 0 Å². The van der Waals surface area contributed by atoms with Gasteiger partial charge in [0.25, 0.3) is 0 Å². The smallest absolute Gasteiger partial charge is 0.407 e. The molecule has 2 heterocycles. The van der Waals surface area contributed by atoms with Crippen LogP contribution in [0.5, 0.6) is 0 Å². The maximum absolute atomic E-state index is 13.9. The van der Waals surface area contributed by atoms with E-state index in [0.717, 1.165) is 16.7 Å². The van der Waals surface area contributed by atoms with E-state index in [0.29, 0.717) is 24.3 Å². The number of amides is 4. The molecule has 4 aromatic rings. The Morgan fingerprint density at radius 1 is 0.885 bits per heavy atom. The van der Waals surface area contributed by atoms with Gasteiger partial charge in [0.1, 0.15) is 24.1 Å². The van der Waals surface area contributed by atoms with Crippen molar-refractivity contribution < 1.29 is 28.8 Å². The molecule has 4 rings (SSSR count).